The number of nitrogens with zero attached hydrogens (tertiary/aromatic N) is 1. The van der Waals surface area contributed by atoms with Crippen LogP contribution in [0.15, 0.2) is 23.2 Å². The molecule has 1 N–H and O–H groups in total. The molecule has 8 heteroatoms. The van der Waals surface area contributed by atoms with Gasteiger partial charge in [0.15, 0.2) is 0 Å². The van der Waals surface area contributed by atoms with Crippen LogP contribution >= 0.6 is 0 Å². The van der Waals surface area contributed by atoms with Gasteiger partial charge in [-0.25, -0.2) is 0 Å². The Morgan fingerprint density at radius 3 is 2.07 bits per heavy atom. The van der Waals surface area contributed by atoms with E-state index in [2.05, 4.69) is 4.99 Å². The van der Waals surface area contributed by atoms with E-state index in [0.717, 1.165) is 0 Å². The Labute approximate surface area is 161 Å². The molecule has 0 bridgehead atoms. The molecule has 0 aliphatic rings. The second-order valence-electron chi connectivity index (χ2n) is 5.43. The van der Waals surface area contributed by atoms with Gasteiger partial charge in [-0.2, -0.15) is 0 Å². The second-order valence-corrected chi connectivity index (χ2v) is 5.43. The average Bonchev–Trinajstić information content (AvgIpc) is 2.68. The zero-order valence-corrected chi connectivity index (χ0v) is 16.2. The summed E-state index contributed by atoms with van der Waals surface area (Å²) >= 11 is 0. The van der Waals surface area contributed by atoms with Gasteiger partial charge in [0.1, 0.15) is 18.1 Å². The first-order valence-corrected chi connectivity index (χ1v) is 8.94. The van der Waals surface area contributed by atoms with Gasteiger partial charge in [0.05, 0.1) is 59.4 Å². The highest BCUT2D eigenvalue weighted by molar-refractivity contribution is 5.84. The van der Waals surface area contributed by atoms with Gasteiger partial charge in [-0.1, -0.05) is 0 Å². The van der Waals surface area contributed by atoms with Crippen LogP contribution < -0.4 is 4.74 Å². The molecule has 1 aromatic carbocycles. The van der Waals surface area contributed by atoms with Crippen molar-refractivity contribution < 1.29 is 33.5 Å². The maximum Gasteiger partial charge on any atom is 0.124 e. The van der Waals surface area contributed by atoms with E-state index in [1.165, 1.54) is 0 Å². The van der Waals surface area contributed by atoms with E-state index >= 15 is 0 Å². The lowest BCUT2D eigenvalue weighted by molar-refractivity contribution is 0.00472. The normalized spacial score (nSPS) is 11.3. The molecular formula is C19H31NO7. The van der Waals surface area contributed by atoms with Gasteiger partial charge in [0, 0.05) is 26.0 Å². The molecule has 0 aliphatic heterocycles. The molecule has 0 fully saturated rings. The van der Waals surface area contributed by atoms with Crippen molar-refractivity contribution in [3.05, 3.63) is 23.8 Å². The highest BCUT2D eigenvalue weighted by atomic mass is 16.6. The lowest BCUT2D eigenvalue weighted by atomic mass is 10.2. The van der Waals surface area contributed by atoms with Gasteiger partial charge < -0.3 is 33.5 Å². The van der Waals surface area contributed by atoms with E-state index in [-0.39, 0.29) is 5.75 Å². The van der Waals surface area contributed by atoms with E-state index in [1.54, 1.807) is 38.6 Å². The zero-order valence-electron chi connectivity index (χ0n) is 16.2. The van der Waals surface area contributed by atoms with Gasteiger partial charge in [0.25, 0.3) is 0 Å². The van der Waals surface area contributed by atoms with E-state index in [0.29, 0.717) is 77.3 Å². The number of methoxy groups -OCH3 is 2. The minimum atomic E-state index is 0.153. The fourth-order valence-corrected chi connectivity index (χ4v) is 1.93. The lowest BCUT2D eigenvalue weighted by Gasteiger charge is -2.07. The van der Waals surface area contributed by atoms with Gasteiger partial charge in [-0.15, -0.1) is 0 Å². The number of phenols is 1. The van der Waals surface area contributed by atoms with Crippen molar-refractivity contribution >= 4 is 6.21 Å². The van der Waals surface area contributed by atoms with E-state index in [1.807, 2.05) is 0 Å². The maximum atomic E-state index is 9.86. The summed E-state index contributed by atoms with van der Waals surface area (Å²) in [6, 6.07) is 5.02. The minimum absolute atomic E-state index is 0.153. The highest BCUT2D eigenvalue weighted by Gasteiger charge is 2.01. The molecular weight excluding hydrogens is 354 g/mol. The fourth-order valence-electron chi connectivity index (χ4n) is 1.93. The van der Waals surface area contributed by atoms with Crippen LogP contribution in [0.4, 0.5) is 0 Å². The summed E-state index contributed by atoms with van der Waals surface area (Å²) in [5, 5.41) is 9.86. The Hall–Kier alpha value is -1.71. The molecule has 0 saturated carbocycles. The first-order valence-electron chi connectivity index (χ1n) is 8.94. The molecule has 0 spiro atoms. The van der Waals surface area contributed by atoms with Crippen molar-refractivity contribution in [1.82, 2.24) is 0 Å². The Kier molecular flexibility index (Phi) is 14.2. The summed E-state index contributed by atoms with van der Waals surface area (Å²) in [6.07, 6.45) is 1.61. The molecule has 0 saturated heterocycles. The van der Waals surface area contributed by atoms with Crippen molar-refractivity contribution in [2.24, 2.45) is 4.99 Å². The summed E-state index contributed by atoms with van der Waals surface area (Å²) in [5.74, 6) is 0.811. The number of benzene rings is 1. The van der Waals surface area contributed by atoms with Crippen molar-refractivity contribution in [1.29, 1.82) is 0 Å². The van der Waals surface area contributed by atoms with Crippen LogP contribution in [0.3, 0.4) is 0 Å². The van der Waals surface area contributed by atoms with Crippen LogP contribution in [0.2, 0.25) is 0 Å². The Morgan fingerprint density at radius 1 is 0.815 bits per heavy atom. The number of aromatic hydroxyl groups is 1. The summed E-state index contributed by atoms with van der Waals surface area (Å²) in [5.41, 5.74) is 0.599. The average molecular weight is 385 g/mol. The van der Waals surface area contributed by atoms with Crippen molar-refractivity contribution in [3.8, 4) is 11.5 Å². The predicted octanol–water partition coefficient (Wildman–Crippen LogP) is 1.53. The van der Waals surface area contributed by atoms with Crippen LogP contribution in [0.25, 0.3) is 0 Å². The summed E-state index contributed by atoms with van der Waals surface area (Å²) in [7, 11) is 3.26. The number of hydrogen-bond donors (Lipinski definition) is 1. The van der Waals surface area contributed by atoms with E-state index in [4.69, 9.17) is 28.4 Å². The molecule has 0 radical (unpaired) electrons. The Bertz CT molecular complexity index is 511. The Morgan fingerprint density at radius 2 is 1.41 bits per heavy atom. The number of phenolic OH excluding ortho intramolecular Hbond substituents is 1. The third-order valence-corrected chi connectivity index (χ3v) is 3.33. The number of hydrogen-bond acceptors (Lipinski definition) is 8. The molecule has 0 atom stereocenters. The van der Waals surface area contributed by atoms with Crippen LogP contribution in [0.5, 0.6) is 11.5 Å². The monoisotopic (exact) mass is 385 g/mol. The number of aliphatic imine (C=N–C) groups is 1. The van der Waals surface area contributed by atoms with Crippen molar-refractivity contribution in [2.75, 3.05) is 80.2 Å². The van der Waals surface area contributed by atoms with Gasteiger partial charge in [0.2, 0.25) is 0 Å². The summed E-state index contributed by atoms with van der Waals surface area (Å²) in [6.45, 7) is 5.20. The van der Waals surface area contributed by atoms with E-state index in [9.17, 15) is 5.11 Å². The van der Waals surface area contributed by atoms with Gasteiger partial charge >= 0.3 is 0 Å². The largest absolute Gasteiger partial charge is 0.507 e. The topological polar surface area (TPSA) is 88.0 Å². The third-order valence-electron chi connectivity index (χ3n) is 3.33. The first kappa shape index (κ1) is 23.3. The smallest absolute Gasteiger partial charge is 0.124 e. The SMILES string of the molecule is COCCOCCOCCOCCN=Cc1cc(OCCOC)ccc1O. The molecule has 0 unspecified atom stereocenters. The molecule has 8 nitrogen and oxygen atoms in total. The van der Waals surface area contributed by atoms with Gasteiger partial charge in [-0.05, 0) is 18.2 Å². The second kappa shape index (κ2) is 16.5. The zero-order chi connectivity index (χ0) is 19.6. The molecule has 0 aliphatic carbocycles. The predicted molar refractivity (Wildman–Crippen MR) is 102 cm³/mol. The first-order chi connectivity index (χ1) is 13.3. The van der Waals surface area contributed by atoms with Crippen molar-refractivity contribution in [2.45, 2.75) is 0 Å². The van der Waals surface area contributed by atoms with Crippen LogP contribution in [0, 0.1) is 0 Å². The number of ether oxygens (including phenoxy) is 6. The molecule has 1 aromatic rings. The molecule has 0 heterocycles. The van der Waals surface area contributed by atoms with Crippen LogP contribution in [0.1, 0.15) is 5.56 Å². The molecule has 1 rings (SSSR count). The molecule has 0 aromatic heterocycles. The van der Waals surface area contributed by atoms with E-state index < -0.39 is 0 Å². The minimum Gasteiger partial charge on any atom is -0.507 e. The molecule has 0 amide bonds. The summed E-state index contributed by atoms with van der Waals surface area (Å²) in [4.78, 5) is 4.25. The quantitative estimate of drug-likeness (QED) is 0.321. The maximum absolute atomic E-state index is 9.86. The van der Waals surface area contributed by atoms with Crippen LogP contribution in [-0.4, -0.2) is 91.5 Å². The van der Waals surface area contributed by atoms with Crippen LogP contribution in [-0.2, 0) is 23.7 Å². The fraction of sp³-hybridized carbons (Fsp3) is 0.632. The molecule has 154 valence electrons. The number of rotatable bonds is 17. The van der Waals surface area contributed by atoms with Gasteiger partial charge in [-0.3, -0.25) is 4.99 Å². The summed E-state index contributed by atoms with van der Waals surface area (Å²) < 4.78 is 31.4. The lowest BCUT2D eigenvalue weighted by Crippen LogP contribution is -2.12. The third kappa shape index (κ3) is 12.3. The highest BCUT2D eigenvalue weighted by Crippen LogP contribution is 2.21. The van der Waals surface area contributed by atoms with Crippen molar-refractivity contribution in [3.63, 3.8) is 0 Å². The Balaban J connectivity index is 2.09. The standard InChI is InChI=1S/C19H31NO7/c1-22-7-9-25-12-13-26-11-10-24-6-5-20-16-17-15-18(3-4-19(17)21)27-14-8-23-2/h3-4,15-16,21H,5-14H2,1-2H3. The molecule has 27 heavy (non-hydrogen) atoms.